The van der Waals surface area contributed by atoms with Gasteiger partial charge in [-0.25, -0.2) is 8.42 Å². The van der Waals surface area contributed by atoms with E-state index in [9.17, 15) is 13.2 Å². The van der Waals surface area contributed by atoms with Crippen molar-refractivity contribution in [3.8, 4) is 0 Å². The number of rotatable bonds is 6. The quantitative estimate of drug-likeness (QED) is 0.583. The van der Waals surface area contributed by atoms with E-state index in [2.05, 4.69) is 14.6 Å². The van der Waals surface area contributed by atoms with Gasteiger partial charge in [0.2, 0.25) is 0 Å². The van der Waals surface area contributed by atoms with Crippen molar-refractivity contribution in [1.29, 1.82) is 0 Å². The fraction of sp³-hybridized carbons (Fsp3) is 0.360. The molecule has 3 heterocycles. The number of sulfonamides is 1. The van der Waals surface area contributed by atoms with E-state index >= 15 is 0 Å². The number of para-hydroxylation sites is 1. The lowest BCUT2D eigenvalue weighted by Crippen LogP contribution is -2.50. The summed E-state index contributed by atoms with van der Waals surface area (Å²) in [6, 6.07) is 15.2. The number of anilines is 1. The van der Waals surface area contributed by atoms with E-state index in [0.29, 0.717) is 36.0 Å². The van der Waals surface area contributed by atoms with E-state index in [4.69, 9.17) is 4.74 Å². The maximum Gasteiger partial charge on any atom is 0.264 e. The first-order valence-electron chi connectivity index (χ1n) is 11.6. The van der Waals surface area contributed by atoms with Crippen LogP contribution in [-0.4, -0.2) is 74.5 Å². The molecular weight excluding hydrogens is 452 g/mol. The van der Waals surface area contributed by atoms with Crippen molar-refractivity contribution in [2.24, 2.45) is 0 Å². The van der Waals surface area contributed by atoms with Crippen LogP contribution in [0, 0.1) is 0 Å². The smallest absolute Gasteiger partial charge is 0.264 e. The van der Waals surface area contributed by atoms with E-state index in [1.54, 1.807) is 42.6 Å². The number of nitrogens with one attached hydrogen (secondary N) is 1. The Morgan fingerprint density at radius 2 is 1.79 bits per heavy atom. The van der Waals surface area contributed by atoms with Crippen LogP contribution in [0.3, 0.4) is 0 Å². The Morgan fingerprint density at radius 3 is 2.53 bits per heavy atom. The van der Waals surface area contributed by atoms with E-state index in [0.717, 1.165) is 44.5 Å². The first-order valence-corrected chi connectivity index (χ1v) is 13.1. The van der Waals surface area contributed by atoms with Crippen LogP contribution in [-0.2, 0) is 14.8 Å². The Bertz CT molecular complexity index is 1260. The molecule has 9 heteroatoms. The van der Waals surface area contributed by atoms with Crippen LogP contribution in [0.5, 0.6) is 0 Å². The second kappa shape index (κ2) is 9.69. The Kier molecular flexibility index (Phi) is 6.49. The molecule has 1 aromatic heterocycles. The Balaban J connectivity index is 1.22. The minimum absolute atomic E-state index is 0.0376. The van der Waals surface area contributed by atoms with Crippen LogP contribution in [0.1, 0.15) is 23.2 Å². The molecule has 5 rings (SSSR count). The van der Waals surface area contributed by atoms with E-state index in [-0.39, 0.29) is 10.8 Å². The molecule has 0 saturated carbocycles. The zero-order valence-corrected chi connectivity index (χ0v) is 19.7. The maximum absolute atomic E-state index is 13.0. The number of benzene rings is 2. The fourth-order valence-electron chi connectivity index (χ4n) is 4.58. The molecule has 2 aliphatic heterocycles. The van der Waals surface area contributed by atoms with Crippen LogP contribution < -0.4 is 4.72 Å². The fourth-order valence-corrected chi connectivity index (χ4v) is 5.82. The average molecular weight is 481 g/mol. The number of carbonyl (C=O) groups is 1. The van der Waals surface area contributed by atoms with Gasteiger partial charge in [-0.2, -0.15) is 0 Å². The molecule has 1 N–H and O–H groups in total. The summed E-state index contributed by atoms with van der Waals surface area (Å²) < 4.78 is 34.3. The van der Waals surface area contributed by atoms with Gasteiger partial charge in [-0.1, -0.05) is 18.2 Å². The van der Waals surface area contributed by atoms with Crippen LogP contribution in [0.2, 0.25) is 0 Å². The molecule has 34 heavy (non-hydrogen) atoms. The van der Waals surface area contributed by atoms with Gasteiger partial charge in [-0.05, 0) is 49.2 Å². The van der Waals surface area contributed by atoms with E-state index in [1.165, 1.54) is 6.07 Å². The van der Waals surface area contributed by atoms with Gasteiger partial charge in [0, 0.05) is 62.2 Å². The zero-order chi connectivity index (χ0) is 23.5. The molecule has 0 spiro atoms. The molecule has 1 amide bonds. The van der Waals surface area contributed by atoms with Crippen molar-refractivity contribution in [1.82, 2.24) is 14.8 Å². The number of nitrogens with zero attached hydrogens (tertiary/aromatic N) is 3. The zero-order valence-electron chi connectivity index (χ0n) is 18.9. The lowest BCUT2D eigenvalue weighted by molar-refractivity contribution is 0.0433. The van der Waals surface area contributed by atoms with Gasteiger partial charge in [0.15, 0.2) is 0 Å². The number of fused-ring (bicyclic) bond motifs is 1. The normalized spacial score (nSPS) is 19.4. The summed E-state index contributed by atoms with van der Waals surface area (Å²) in [4.78, 5) is 21.5. The highest BCUT2D eigenvalue weighted by atomic mass is 32.2. The van der Waals surface area contributed by atoms with Gasteiger partial charge in [0.05, 0.1) is 11.6 Å². The maximum atomic E-state index is 13.0. The minimum atomic E-state index is -3.83. The molecular formula is C25H28N4O4S. The first kappa shape index (κ1) is 22.8. The van der Waals surface area contributed by atoms with Crippen LogP contribution in [0.15, 0.2) is 65.7 Å². The lowest BCUT2D eigenvalue weighted by atomic mass is 10.1. The number of pyridine rings is 1. The summed E-state index contributed by atoms with van der Waals surface area (Å²) in [6.07, 6.45) is 4.15. The van der Waals surface area contributed by atoms with Gasteiger partial charge in [0.1, 0.15) is 4.90 Å². The Hall–Kier alpha value is -3.01. The lowest BCUT2D eigenvalue weighted by Gasteiger charge is -2.35. The van der Waals surface area contributed by atoms with E-state index < -0.39 is 10.0 Å². The number of hydrogen-bond donors (Lipinski definition) is 1. The summed E-state index contributed by atoms with van der Waals surface area (Å²) in [5.74, 6) is -0.0376. The van der Waals surface area contributed by atoms with Crippen molar-refractivity contribution in [3.05, 3.63) is 66.4 Å². The van der Waals surface area contributed by atoms with Crippen molar-refractivity contribution in [2.75, 3.05) is 44.1 Å². The number of aromatic nitrogens is 1. The summed E-state index contributed by atoms with van der Waals surface area (Å²) >= 11 is 0. The molecule has 3 aromatic rings. The molecule has 0 aliphatic carbocycles. The third-order valence-electron chi connectivity index (χ3n) is 6.41. The molecule has 0 bridgehead atoms. The number of amides is 1. The van der Waals surface area contributed by atoms with Crippen LogP contribution in [0.4, 0.5) is 5.69 Å². The molecule has 2 saturated heterocycles. The van der Waals surface area contributed by atoms with E-state index in [1.807, 2.05) is 17.0 Å². The SMILES string of the molecule is O=C(c1ccc(NS(=O)(=O)c2cccc3cccnc23)cc1)N1CCN(CC2CCCO2)CC1. The summed E-state index contributed by atoms with van der Waals surface area (Å²) in [7, 11) is -3.83. The predicted octanol–water partition coefficient (Wildman–Crippen LogP) is 2.97. The van der Waals surface area contributed by atoms with Gasteiger partial charge in [-0.3, -0.25) is 19.4 Å². The summed E-state index contributed by atoms with van der Waals surface area (Å²) in [6.45, 7) is 4.81. The van der Waals surface area contributed by atoms with Crippen molar-refractivity contribution < 1.29 is 17.9 Å². The van der Waals surface area contributed by atoms with Gasteiger partial charge in [0.25, 0.3) is 15.9 Å². The number of carbonyl (C=O) groups excluding carboxylic acids is 1. The largest absolute Gasteiger partial charge is 0.377 e. The second-order valence-corrected chi connectivity index (χ2v) is 10.4. The van der Waals surface area contributed by atoms with Gasteiger partial charge in [-0.15, -0.1) is 0 Å². The monoisotopic (exact) mass is 480 g/mol. The molecule has 0 radical (unpaired) electrons. The third-order valence-corrected chi connectivity index (χ3v) is 7.83. The first-order chi connectivity index (χ1) is 16.5. The highest BCUT2D eigenvalue weighted by Gasteiger charge is 2.25. The van der Waals surface area contributed by atoms with Crippen molar-refractivity contribution >= 4 is 32.5 Å². The molecule has 2 aromatic carbocycles. The molecule has 8 nitrogen and oxygen atoms in total. The molecule has 2 fully saturated rings. The number of ether oxygens (including phenoxy) is 1. The van der Waals surface area contributed by atoms with Gasteiger partial charge >= 0.3 is 0 Å². The Morgan fingerprint density at radius 1 is 1.03 bits per heavy atom. The summed E-state index contributed by atoms with van der Waals surface area (Å²) in [5, 5.41) is 0.752. The van der Waals surface area contributed by atoms with Gasteiger partial charge < -0.3 is 9.64 Å². The standard InChI is InChI=1S/C25H28N4O4S/c30-25(29-15-13-28(14-16-29)18-22-6-3-17-33-22)20-8-10-21(11-9-20)27-34(31,32)23-7-1-4-19-5-2-12-26-24(19)23/h1-2,4-5,7-12,22,27H,3,6,13-18H2. The van der Waals surface area contributed by atoms with Crippen LogP contribution in [0.25, 0.3) is 10.9 Å². The molecule has 178 valence electrons. The molecule has 1 unspecified atom stereocenters. The van der Waals surface area contributed by atoms with Crippen molar-refractivity contribution in [3.63, 3.8) is 0 Å². The topological polar surface area (TPSA) is 91.8 Å². The second-order valence-electron chi connectivity index (χ2n) is 8.74. The third kappa shape index (κ3) is 4.91. The summed E-state index contributed by atoms with van der Waals surface area (Å²) in [5.41, 5.74) is 1.36. The number of hydrogen-bond acceptors (Lipinski definition) is 6. The van der Waals surface area contributed by atoms with Crippen LogP contribution >= 0.6 is 0 Å². The average Bonchev–Trinajstić information content (AvgIpc) is 3.37. The Labute approximate surface area is 199 Å². The highest BCUT2D eigenvalue weighted by Crippen LogP contribution is 2.24. The minimum Gasteiger partial charge on any atom is -0.377 e. The molecule has 2 aliphatic rings. The number of piperazine rings is 1. The predicted molar refractivity (Wildman–Crippen MR) is 130 cm³/mol. The van der Waals surface area contributed by atoms with Crippen molar-refractivity contribution in [2.45, 2.75) is 23.8 Å². The molecule has 1 atom stereocenters. The highest BCUT2D eigenvalue weighted by molar-refractivity contribution is 7.93.